The Bertz CT molecular complexity index is 3200. The zero-order valence-electron chi connectivity index (χ0n) is 53.8. The second kappa shape index (κ2) is 19.6. The summed E-state index contributed by atoms with van der Waals surface area (Å²) in [6.07, 6.45) is 3.71. The van der Waals surface area contributed by atoms with E-state index in [1.807, 2.05) is 0 Å². The first-order valence-corrected chi connectivity index (χ1v) is 29.7. The molecule has 7 rings (SSSR count). The quantitative estimate of drug-likeness (QED) is 0.142. The molecule has 0 heteroatoms. The maximum Gasteiger partial charge on any atom is -0.000719 e. The van der Waals surface area contributed by atoms with Crippen molar-refractivity contribution in [1.82, 2.24) is 0 Å². The fraction of sp³-hybridized carbons (Fsp3) is 0.526. The molecule has 0 spiro atoms. The van der Waals surface area contributed by atoms with Crippen molar-refractivity contribution < 1.29 is 0 Å². The molecule has 0 amide bonds. The van der Waals surface area contributed by atoms with Gasteiger partial charge in [0.1, 0.15) is 0 Å². The Kier molecular flexibility index (Phi) is 15.2. The van der Waals surface area contributed by atoms with Crippen LogP contribution in [0.3, 0.4) is 0 Å². The van der Waals surface area contributed by atoms with E-state index in [0.29, 0.717) is 0 Å². The van der Waals surface area contributed by atoms with Crippen LogP contribution >= 0.6 is 0 Å². The molecule has 0 unspecified atom stereocenters. The second-order valence-corrected chi connectivity index (χ2v) is 31.3. The van der Waals surface area contributed by atoms with Gasteiger partial charge in [-0.1, -0.05) is 267 Å². The maximum atomic E-state index is 2.57. The van der Waals surface area contributed by atoms with E-state index in [1.54, 1.807) is 0 Å². The molecule has 0 heterocycles. The molecular weight excluding hydrogens is 913 g/mol. The lowest BCUT2D eigenvalue weighted by Crippen LogP contribution is -2.24. The maximum absolute atomic E-state index is 2.57. The van der Waals surface area contributed by atoms with Gasteiger partial charge < -0.3 is 0 Å². The lowest BCUT2D eigenvalue weighted by Gasteiger charge is -2.39. The molecule has 76 heavy (non-hydrogen) atoms. The minimum absolute atomic E-state index is 0.0807. The van der Waals surface area contributed by atoms with Crippen LogP contribution in [0.2, 0.25) is 0 Å². The van der Waals surface area contributed by atoms with Crippen LogP contribution in [0.5, 0.6) is 0 Å². The van der Waals surface area contributed by atoms with Crippen LogP contribution in [0.1, 0.15) is 261 Å². The zero-order chi connectivity index (χ0) is 57.2. The van der Waals surface area contributed by atoms with E-state index in [9.17, 15) is 0 Å². The van der Waals surface area contributed by atoms with E-state index in [2.05, 4.69) is 267 Å². The zero-order valence-corrected chi connectivity index (χ0v) is 53.8. The third kappa shape index (κ3) is 10.2. The van der Waals surface area contributed by atoms with Gasteiger partial charge in [-0.15, -0.1) is 0 Å². The Morgan fingerprint density at radius 3 is 0.553 bits per heavy atom. The molecule has 6 aromatic carbocycles. The van der Waals surface area contributed by atoms with Gasteiger partial charge in [-0.3, -0.25) is 0 Å². The standard InChI is InChI=1S/C76H104/c1-29-45-51(69(5,6)7)37-41-55(73(17,18)19)59(45)65-63-49-35-33-34-36-50(49)64(63)66(60-46(30-2)52(70(8,9)10)38-42-56(60)74(20,21)22)68(62-48(32-4)54(72(14,15)16)40-44-58(62)76(26,27)28)67(65)61-47(31-3)53(71(11,12)13)39-43-57(61)75(23,24)25/h33-44H,29-32H2,1-28H3. The number of hydrogen-bond acceptors (Lipinski definition) is 0. The molecule has 0 saturated carbocycles. The van der Waals surface area contributed by atoms with Crippen LogP contribution in [0.25, 0.3) is 44.5 Å². The van der Waals surface area contributed by atoms with Gasteiger partial charge >= 0.3 is 0 Å². The summed E-state index contributed by atoms with van der Waals surface area (Å²) >= 11 is 0. The van der Waals surface area contributed by atoms with Crippen LogP contribution < -0.4 is 0 Å². The summed E-state index contributed by atoms with van der Waals surface area (Å²) in [4.78, 5) is 0. The summed E-state index contributed by atoms with van der Waals surface area (Å²) < 4.78 is 0. The highest BCUT2D eigenvalue weighted by Crippen LogP contribution is 2.59. The number of hydrogen-bond donors (Lipinski definition) is 0. The van der Waals surface area contributed by atoms with Gasteiger partial charge in [-0.2, -0.15) is 0 Å². The molecule has 0 atom stereocenters. The van der Waals surface area contributed by atoms with Crippen molar-refractivity contribution in [3.63, 3.8) is 0 Å². The predicted molar refractivity (Wildman–Crippen MR) is 337 cm³/mol. The molecule has 6 aromatic rings. The third-order valence-electron chi connectivity index (χ3n) is 17.1. The van der Waals surface area contributed by atoms with Crippen molar-refractivity contribution in [3.05, 3.63) is 160 Å². The number of benzene rings is 6. The normalized spacial score (nSPS) is 13.7. The van der Waals surface area contributed by atoms with Crippen LogP contribution in [-0.2, 0) is 69.0 Å². The summed E-state index contributed by atoms with van der Waals surface area (Å²) in [7, 11) is 0. The first-order chi connectivity index (χ1) is 34.7. The van der Waals surface area contributed by atoms with Gasteiger partial charge in [0.05, 0.1) is 0 Å². The highest BCUT2D eigenvalue weighted by Gasteiger charge is 2.40. The minimum Gasteiger partial charge on any atom is -0.0616 e. The van der Waals surface area contributed by atoms with Crippen LogP contribution in [0.4, 0.5) is 0 Å². The highest BCUT2D eigenvalue weighted by atomic mass is 14.4. The van der Waals surface area contributed by atoms with Crippen LogP contribution in [0.15, 0.2) is 72.8 Å². The summed E-state index contributed by atoms with van der Waals surface area (Å²) in [5.74, 6) is 0. The fourth-order valence-corrected chi connectivity index (χ4v) is 13.7. The van der Waals surface area contributed by atoms with Crippen LogP contribution in [-0.4, -0.2) is 0 Å². The Hall–Kier alpha value is -4.68. The van der Waals surface area contributed by atoms with Gasteiger partial charge in [-0.25, -0.2) is 0 Å². The molecule has 0 N–H and O–H groups in total. The molecule has 0 radical (unpaired) electrons. The van der Waals surface area contributed by atoms with Gasteiger partial charge in [0.25, 0.3) is 0 Å². The Balaban J connectivity index is 2.18. The van der Waals surface area contributed by atoms with Crippen molar-refractivity contribution in [2.24, 2.45) is 0 Å². The lowest BCUT2D eigenvalue weighted by molar-refractivity contribution is 0.571. The molecule has 1 aliphatic carbocycles. The van der Waals surface area contributed by atoms with Gasteiger partial charge in [0.2, 0.25) is 0 Å². The van der Waals surface area contributed by atoms with E-state index < -0.39 is 0 Å². The van der Waals surface area contributed by atoms with E-state index in [1.165, 1.54) is 132 Å². The summed E-state index contributed by atoms with van der Waals surface area (Å²) in [6.45, 7) is 68.8. The largest absolute Gasteiger partial charge is 0.0616 e. The number of fused-ring (bicyclic) bond motifs is 2. The summed E-state index contributed by atoms with van der Waals surface area (Å²) in [5, 5.41) is 5.63. The summed E-state index contributed by atoms with van der Waals surface area (Å²) in [5.41, 5.74) is 28.0. The van der Waals surface area contributed by atoms with Crippen molar-refractivity contribution in [3.8, 4) is 44.5 Å². The lowest BCUT2D eigenvalue weighted by atomic mass is 9.64. The smallest absolute Gasteiger partial charge is 0.000719 e. The minimum atomic E-state index is -0.191. The van der Waals surface area contributed by atoms with Gasteiger partial charge in [0.15, 0.2) is 0 Å². The fourth-order valence-electron chi connectivity index (χ4n) is 13.7. The van der Waals surface area contributed by atoms with E-state index >= 15 is 0 Å². The van der Waals surface area contributed by atoms with Gasteiger partial charge in [-0.05, 0) is 201 Å². The van der Waals surface area contributed by atoms with Crippen molar-refractivity contribution in [2.45, 2.75) is 263 Å². The molecule has 0 fully saturated rings. The van der Waals surface area contributed by atoms with Crippen LogP contribution in [0, 0.1) is 20.9 Å². The molecule has 0 bridgehead atoms. The van der Waals surface area contributed by atoms with Crippen molar-refractivity contribution in [2.75, 3.05) is 0 Å². The molecular formula is C76H104. The van der Waals surface area contributed by atoms with E-state index in [-0.39, 0.29) is 43.3 Å². The van der Waals surface area contributed by atoms with Gasteiger partial charge in [0, 0.05) is 0 Å². The third-order valence-corrected chi connectivity index (χ3v) is 17.1. The topological polar surface area (TPSA) is 0 Å². The Labute approximate surface area is 465 Å². The monoisotopic (exact) mass is 1020 g/mol. The Morgan fingerprint density at radius 2 is 0.382 bits per heavy atom. The van der Waals surface area contributed by atoms with Crippen molar-refractivity contribution >= 4 is 0 Å². The SMILES string of the molecule is CCc1c(C(C)(C)C)ccc(C(C)(C)C)c1-c1c(-c2c(C(C)(C)C)ccc(C(C)(C)C)c2CC)c(-c2c(C(C)(C)C)ccc(C(C)(C)C)c2CC)c2c(c1-c1c(C(C)(C)C)ccc(C(C)(C)C)c1CC)=c1ccccc1=2. The molecule has 0 aromatic heterocycles. The average Bonchev–Trinajstić information content (AvgIpc) is 3.27. The first-order valence-electron chi connectivity index (χ1n) is 29.7. The average molecular weight is 1020 g/mol. The molecule has 0 aliphatic heterocycles. The molecule has 0 nitrogen and oxygen atoms in total. The second-order valence-electron chi connectivity index (χ2n) is 31.3. The highest BCUT2D eigenvalue weighted by molar-refractivity contribution is 6.07. The Morgan fingerprint density at radius 1 is 0.211 bits per heavy atom. The summed E-state index contributed by atoms with van der Waals surface area (Å²) in [6, 6.07) is 29.9. The van der Waals surface area contributed by atoms with E-state index in [4.69, 9.17) is 0 Å². The molecule has 0 saturated heterocycles. The molecule has 1 aliphatic rings. The number of rotatable bonds is 8. The first kappa shape index (κ1) is 59.0. The van der Waals surface area contributed by atoms with Crippen molar-refractivity contribution in [1.29, 1.82) is 0 Å². The molecule has 408 valence electrons. The van der Waals surface area contributed by atoms with E-state index in [0.717, 1.165) is 25.7 Å². The predicted octanol–water partition coefficient (Wildman–Crippen LogP) is 21.9.